The summed E-state index contributed by atoms with van der Waals surface area (Å²) in [6, 6.07) is 1.86. The maximum absolute atomic E-state index is 11.4. The number of aliphatic hydroxyl groups excluding tert-OH is 1. The quantitative estimate of drug-likeness (QED) is 0.387. The van der Waals surface area contributed by atoms with Crippen LogP contribution in [0.3, 0.4) is 0 Å². The van der Waals surface area contributed by atoms with Gasteiger partial charge >= 0.3 is 6.09 Å². The lowest BCUT2D eigenvalue weighted by Gasteiger charge is -2.42. The van der Waals surface area contributed by atoms with E-state index in [1.807, 2.05) is 13.0 Å². The van der Waals surface area contributed by atoms with Gasteiger partial charge in [-0.3, -0.25) is 0 Å². The second-order valence-electron chi connectivity index (χ2n) is 11.0. The molecule has 4 atom stereocenters. The molecule has 3 saturated heterocycles. The highest BCUT2D eigenvalue weighted by molar-refractivity contribution is 7.99. The van der Waals surface area contributed by atoms with Gasteiger partial charge in [-0.15, -0.1) is 0 Å². The number of nitrogens with zero attached hydrogens (tertiary/aromatic N) is 5. The minimum absolute atomic E-state index is 0.0618. The van der Waals surface area contributed by atoms with Gasteiger partial charge in [-0.2, -0.15) is 0 Å². The number of rotatable bonds is 8. The van der Waals surface area contributed by atoms with Crippen LogP contribution >= 0.6 is 11.8 Å². The van der Waals surface area contributed by atoms with Gasteiger partial charge in [0, 0.05) is 38.4 Å². The van der Waals surface area contributed by atoms with E-state index in [9.17, 15) is 15.0 Å². The summed E-state index contributed by atoms with van der Waals surface area (Å²) in [4.78, 5) is 30.7. The molecule has 6 heterocycles. The number of carboxylic acid groups (broad SMARTS) is 1. The fourth-order valence-electron chi connectivity index (χ4n) is 6.54. The van der Waals surface area contributed by atoms with Crippen LogP contribution in [-0.2, 0) is 20.8 Å². The van der Waals surface area contributed by atoms with Crippen LogP contribution in [0.5, 0.6) is 5.75 Å². The Bertz CT molecular complexity index is 1260. The summed E-state index contributed by atoms with van der Waals surface area (Å²) >= 11 is 1.43. The number of piperidine rings is 1. The van der Waals surface area contributed by atoms with Crippen molar-refractivity contribution in [2.75, 3.05) is 56.6 Å². The highest BCUT2D eigenvalue weighted by atomic mass is 32.2. The highest BCUT2D eigenvalue weighted by Gasteiger charge is 2.50. The monoisotopic (exact) mass is 588 g/mol. The van der Waals surface area contributed by atoms with Gasteiger partial charge in [-0.05, 0) is 32.3 Å². The maximum atomic E-state index is 11.4. The average molecular weight is 589 g/mol. The van der Waals surface area contributed by atoms with Gasteiger partial charge in [-0.25, -0.2) is 19.7 Å². The molecule has 4 aliphatic heterocycles. The van der Waals surface area contributed by atoms with E-state index in [4.69, 9.17) is 28.9 Å². The predicted molar refractivity (Wildman–Crippen MR) is 149 cm³/mol. The Balaban J connectivity index is 1.15. The van der Waals surface area contributed by atoms with Crippen LogP contribution in [0.25, 0.3) is 0 Å². The third-order valence-electron chi connectivity index (χ3n) is 8.60. The summed E-state index contributed by atoms with van der Waals surface area (Å²) in [6.45, 7) is 5.07. The van der Waals surface area contributed by atoms with Gasteiger partial charge in [0.2, 0.25) is 0 Å². The first-order valence-corrected chi connectivity index (χ1v) is 14.7. The lowest BCUT2D eigenvalue weighted by molar-refractivity contribution is -0.0647. The first-order chi connectivity index (χ1) is 19.9. The van der Waals surface area contributed by atoms with E-state index in [-0.39, 0.29) is 43.1 Å². The topological polar surface area (TPSA) is 152 Å². The summed E-state index contributed by atoms with van der Waals surface area (Å²) in [7, 11) is 1.62. The zero-order chi connectivity index (χ0) is 28.6. The molecular weight excluding hydrogens is 552 g/mol. The van der Waals surface area contributed by atoms with Crippen LogP contribution in [0.4, 0.5) is 16.4 Å². The minimum atomic E-state index is -1.03. The standard InChI is InChI=1S/C27H36N6O7S/c1-16-23(31-26(35)36)27(14-39-16)4-7-32(8-5-27)24-19(12-34)30-21(10-29-24)41-20-3-6-28-25-22(20)38-13-17-9-18(11-33(17)25)40-15-37-2/h3,6,10,16-18,23,31,34H,4-5,7-9,11-15H2,1-2H3,(H,35,36)/t16-,17-,18-,23+/m0/s1. The lowest BCUT2D eigenvalue weighted by atomic mass is 9.73. The van der Waals surface area contributed by atoms with Crippen molar-refractivity contribution in [1.82, 2.24) is 20.3 Å². The Morgan fingerprint density at radius 1 is 1.29 bits per heavy atom. The Morgan fingerprint density at radius 2 is 2.12 bits per heavy atom. The second-order valence-corrected chi connectivity index (χ2v) is 12.1. The van der Waals surface area contributed by atoms with Crippen LogP contribution in [0.1, 0.15) is 31.9 Å². The second kappa shape index (κ2) is 11.8. The number of carbonyl (C=O) groups is 1. The van der Waals surface area contributed by atoms with E-state index in [1.54, 1.807) is 19.5 Å². The molecule has 3 fully saturated rings. The van der Waals surface area contributed by atoms with Gasteiger partial charge < -0.3 is 44.3 Å². The van der Waals surface area contributed by atoms with Gasteiger partial charge in [0.25, 0.3) is 0 Å². The molecule has 6 rings (SSSR count). The lowest BCUT2D eigenvalue weighted by Crippen LogP contribution is -2.54. The Kier molecular flexibility index (Phi) is 8.10. The van der Waals surface area contributed by atoms with Crippen molar-refractivity contribution < 1.29 is 34.0 Å². The molecule has 0 bridgehead atoms. The predicted octanol–water partition coefficient (Wildman–Crippen LogP) is 2.12. The fourth-order valence-corrected chi connectivity index (χ4v) is 7.39. The number of methoxy groups -OCH3 is 1. The van der Waals surface area contributed by atoms with E-state index >= 15 is 0 Å². The number of anilines is 2. The van der Waals surface area contributed by atoms with Gasteiger partial charge in [-0.1, -0.05) is 11.8 Å². The first-order valence-electron chi connectivity index (χ1n) is 13.9. The van der Waals surface area contributed by atoms with Gasteiger partial charge in [0.1, 0.15) is 24.1 Å². The van der Waals surface area contributed by atoms with Crippen molar-refractivity contribution in [2.45, 2.75) is 67.0 Å². The smallest absolute Gasteiger partial charge is 0.404 e. The molecule has 222 valence electrons. The Morgan fingerprint density at radius 3 is 2.88 bits per heavy atom. The molecular formula is C27H36N6O7S. The Hall–Kier alpha value is -2.91. The molecule has 0 aromatic carbocycles. The average Bonchev–Trinajstić information content (AvgIpc) is 3.53. The molecule has 0 saturated carbocycles. The largest absolute Gasteiger partial charge is 0.486 e. The van der Waals surface area contributed by atoms with Gasteiger partial charge in [0.05, 0.1) is 48.6 Å². The molecule has 14 heteroatoms. The van der Waals surface area contributed by atoms with Crippen LogP contribution in [0.2, 0.25) is 0 Å². The molecule has 2 aromatic rings. The van der Waals surface area contributed by atoms with Crippen molar-refractivity contribution in [3.63, 3.8) is 0 Å². The van der Waals surface area contributed by atoms with Crippen LogP contribution in [0, 0.1) is 5.41 Å². The number of aromatic nitrogens is 3. The number of pyridine rings is 1. The summed E-state index contributed by atoms with van der Waals surface area (Å²) in [6.07, 6.45) is 4.71. The number of nitrogens with one attached hydrogen (secondary N) is 1. The van der Waals surface area contributed by atoms with E-state index in [1.165, 1.54) is 11.8 Å². The zero-order valence-corrected chi connectivity index (χ0v) is 24.0. The van der Waals surface area contributed by atoms with E-state index in [2.05, 4.69) is 20.1 Å². The molecule has 0 aliphatic carbocycles. The summed E-state index contributed by atoms with van der Waals surface area (Å²) in [5.74, 6) is 2.16. The minimum Gasteiger partial charge on any atom is -0.486 e. The number of fused-ring (bicyclic) bond motifs is 3. The third-order valence-corrected chi connectivity index (χ3v) is 9.55. The Labute approximate surface area is 242 Å². The van der Waals surface area contributed by atoms with Gasteiger partial charge in [0.15, 0.2) is 17.4 Å². The fraction of sp³-hybridized carbons (Fsp3) is 0.630. The van der Waals surface area contributed by atoms with Crippen LogP contribution in [-0.4, -0.2) is 102 Å². The van der Waals surface area contributed by atoms with Crippen molar-refractivity contribution in [3.05, 3.63) is 24.2 Å². The third kappa shape index (κ3) is 5.50. The summed E-state index contributed by atoms with van der Waals surface area (Å²) in [5.41, 5.74) is 0.255. The van der Waals surface area contributed by atoms with E-state index in [0.717, 1.165) is 42.3 Å². The normalized spacial score (nSPS) is 26.5. The van der Waals surface area contributed by atoms with E-state index in [0.29, 0.717) is 42.8 Å². The number of aliphatic hydroxyl groups is 1. The van der Waals surface area contributed by atoms with E-state index < -0.39 is 6.09 Å². The van der Waals surface area contributed by atoms with Crippen molar-refractivity contribution in [1.29, 1.82) is 0 Å². The van der Waals surface area contributed by atoms with Crippen LogP contribution < -0.4 is 19.9 Å². The molecule has 1 spiro atoms. The summed E-state index contributed by atoms with van der Waals surface area (Å²) in [5, 5.41) is 22.9. The number of amides is 1. The van der Waals surface area contributed by atoms with Crippen molar-refractivity contribution >= 4 is 29.5 Å². The maximum Gasteiger partial charge on any atom is 0.404 e. The van der Waals surface area contributed by atoms with Crippen molar-refractivity contribution in [3.8, 4) is 5.75 Å². The molecule has 3 N–H and O–H groups in total. The SMILES string of the molecule is COCO[C@H]1C[C@H]2COc3c(Sc4cnc(N5CCC6(CC5)CO[C@@H](C)[C@H]6NC(=O)O)c(CO)n4)ccnc3N2C1. The first kappa shape index (κ1) is 28.2. The number of hydrogen-bond acceptors (Lipinski definition) is 12. The molecule has 1 amide bonds. The number of hydrogen-bond donors (Lipinski definition) is 3. The molecule has 4 aliphatic rings. The molecule has 0 radical (unpaired) electrons. The van der Waals surface area contributed by atoms with Crippen LogP contribution in [0.15, 0.2) is 28.4 Å². The molecule has 13 nitrogen and oxygen atoms in total. The molecule has 41 heavy (non-hydrogen) atoms. The highest BCUT2D eigenvalue weighted by Crippen LogP contribution is 2.45. The number of ether oxygens (including phenoxy) is 4. The molecule has 2 aromatic heterocycles. The zero-order valence-electron chi connectivity index (χ0n) is 23.2. The van der Waals surface area contributed by atoms with Crippen molar-refractivity contribution in [2.24, 2.45) is 5.41 Å². The molecule has 0 unspecified atom stereocenters. The summed E-state index contributed by atoms with van der Waals surface area (Å²) < 4.78 is 22.9.